The van der Waals surface area contributed by atoms with Crippen molar-refractivity contribution in [3.05, 3.63) is 52.6 Å². The first-order valence-electron chi connectivity index (χ1n) is 12.2. The van der Waals surface area contributed by atoms with E-state index in [0.717, 1.165) is 63.1 Å². The molecule has 0 atom stereocenters. The molecule has 0 aliphatic carbocycles. The number of hydrogen-bond donors (Lipinski definition) is 1. The van der Waals surface area contributed by atoms with Gasteiger partial charge in [0.2, 0.25) is 11.8 Å². The Hall–Kier alpha value is -2.90. The first-order chi connectivity index (χ1) is 18.0. The minimum Gasteiger partial charge on any atom is -0.345 e. The highest BCUT2D eigenvalue weighted by atomic mass is 35.5. The van der Waals surface area contributed by atoms with Gasteiger partial charge in [-0.25, -0.2) is 0 Å². The fraction of sp³-hybridized carbons (Fsp3) is 0.333. The number of nitrogens with one attached hydrogen (secondary N) is 1. The molecule has 5 heterocycles. The predicted octanol–water partition coefficient (Wildman–Crippen LogP) is 5.07. The summed E-state index contributed by atoms with van der Waals surface area (Å²) >= 11 is 9.49. The zero-order valence-electron chi connectivity index (χ0n) is 20.0. The molecule has 6 rings (SSSR count). The largest absolute Gasteiger partial charge is 0.345 e. The number of piperidine rings is 1. The molecule has 1 aromatic carbocycles. The van der Waals surface area contributed by atoms with Gasteiger partial charge in [0.25, 0.3) is 0 Å². The number of thioether (sulfide) groups is 1. The lowest BCUT2D eigenvalue weighted by molar-refractivity contribution is -0.142. The molecule has 2 saturated heterocycles. The normalized spacial score (nSPS) is 18.0. The average molecular weight is 550 g/mol. The quantitative estimate of drug-likeness (QED) is 0.350. The summed E-state index contributed by atoms with van der Waals surface area (Å²) in [6.07, 6.45) is 5.46. The molecule has 3 aromatic heterocycles. The van der Waals surface area contributed by atoms with E-state index in [-0.39, 0.29) is 18.4 Å². The SMILES string of the molecule is N#CC1(Cn2ccc3cc(Cl)cc(-c4ccnc5cc(CN6C(=O)CSCC6=O)sc45)c32)CCNCC1. The molecule has 2 fully saturated rings. The van der Waals surface area contributed by atoms with Gasteiger partial charge < -0.3 is 9.88 Å². The molecule has 37 heavy (non-hydrogen) atoms. The first kappa shape index (κ1) is 24.4. The van der Waals surface area contributed by atoms with E-state index in [4.69, 9.17) is 11.6 Å². The number of fused-ring (bicyclic) bond motifs is 2. The lowest BCUT2D eigenvalue weighted by Gasteiger charge is -2.32. The number of benzene rings is 1. The van der Waals surface area contributed by atoms with E-state index in [2.05, 4.69) is 33.2 Å². The Morgan fingerprint density at radius 1 is 1.11 bits per heavy atom. The van der Waals surface area contributed by atoms with Crippen LogP contribution in [0.1, 0.15) is 17.7 Å². The molecule has 10 heteroatoms. The maximum absolute atomic E-state index is 12.3. The van der Waals surface area contributed by atoms with Crippen molar-refractivity contribution in [3.63, 3.8) is 0 Å². The second-order valence-electron chi connectivity index (χ2n) is 9.63. The van der Waals surface area contributed by atoms with Gasteiger partial charge in [0.15, 0.2) is 0 Å². The van der Waals surface area contributed by atoms with Crippen molar-refractivity contribution >= 4 is 67.6 Å². The summed E-state index contributed by atoms with van der Waals surface area (Å²) in [6, 6.07) is 12.6. The molecular weight excluding hydrogens is 526 g/mol. The van der Waals surface area contributed by atoms with Gasteiger partial charge >= 0.3 is 0 Å². The molecule has 4 aromatic rings. The number of nitrogens with zero attached hydrogens (tertiary/aromatic N) is 4. The van der Waals surface area contributed by atoms with Gasteiger partial charge in [0.1, 0.15) is 0 Å². The number of hydrogen-bond acceptors (Lipinski definition) is 7. The third-order valence-corrected chi connectivity index (χ3v) is 9.48. The second-order valence-corrected chi connectivity index (χ2v) is 12.2. The van der Waals surface area contributed by atoms with E-state index in [0.29, 0.717) is 23.1 Å². The third-order valence-electron chi connectivity index (χ3n) is 7.22. The van der Waals surface area contributed by atoms with Gasteiger partial charge in [-0.2, -0.15) is 5.26 Å². The Morgan fingerprint density at radius 2 is 1.89 bits per heavy atom. The van der Waals surface area contributed by atoms with Gasteiger partial charge in [-0.15, -0.1) is 23.1 Å². The molecule has 0 spiro atoms. The Bertz CT molecular complexity index is 1560. The Kier molecular flexibility index (Phi) is 6.45. The van der Waals surface area contributed by atoms with Crippen LogP contribution in [0, 0.1) is 16.7 Å². The number of aromatic nitrogens is 2. The zero-order chi connectivity index (χ0) is 25.6. The number of carbonyl (C=O) groups is 2. The van der Waals surface area contributed by atoms with Crippen LogP contribution < -0.4 is 5.32 Å². The molecule has 0 bridgehead atoms. The number of halogens is 1. The topological polar surface area (TPSA) is 91.0 Å². The van der Waals surface area contributed by atoms with Gasteiger partial charge in [-0.3, -0.25) is 19.5 Å². The van der Waals surface area contributed by atoms with Crippen LogP contribution in [0.3, 0.4) is 0 Å². The number of rotatable bonds is 5. The minimum absolute atomic E-state index is 0.148. The van der Waals surface area contributed by atoms with E-state index in [1.54, 1.807) is 17.5 Å². The van der Waals surface area contributed by atoms with Crippen LogP contribution in [0.5, 0.6) is 0 Å². The smallest absolute Gasteiger partial charge is 0.239 e. The minimum atomic E-state index is -0.413. The molecule has 2 aliphatic rings. The van der Waals surface area contributed by atoms with Crippen molar-refractivity contribution in [2.24, 2.45) is 5.41 Å². The van der Waals surface area contributed by atoms with Crippen molar-refractivity contribution in [1.82, 2.24) is 19.8 Å². The molecule has 2 aliphatic heterocycles. The summed E-state index contributed by atoms with van der Waals surface area (Å²) < 4.78 is 3.18. The first-order valence-corrected chi connectivity index (χ1v) is 14.5. The Labute approximate surface area is 227 Å². The second kappa shape index (κ2) is 9.76. The molecule has 1 N–H and O–H groups in total. The molecule has 2 amide bonds. The molecule has 0 radical (unpaired) electrons. The standard InChI is InChI=1S/C27H24ClN5O2S2/c28-18-9-17-2-8-32(16-27(15-29)3-6-30-7-4-27)25(17)21(10-18)20-1-5-31-22-11-19(37-26(20)22)12-33-23(34)13-36-14-24(33)35/h1-2,5,8-11,30H,3-4,6-7,12-14,16H2. The Balaban J connectivity index is 1.44. The van der Waals surface area contributed by atoms with Crippen molar-refractivity contribution in [1.29, 1.82) is 5.26 Å². The lowest BCUT2D eigenvalue weighted by Crippen LogP contribution is -2.42. The van der Waals surface area contributed by atoms with Crippen LogP contribution >= 0.6 is 34.7 Å². The highest BCUT2D eigenvalue weighted by molar-refractivity contribution is 8.00. The van der Waals surface area contributed by atoms with E-state index in [1.807, 2.05) is 24.3 Å². The lowest BCUT2D eigenvalue weighted by atomic mass is 9.80. The monoisotopic (exact) mass is 549 g/mol. The van der Waals surface area contributed by atoms with E-state index < -0.39 is 5.41 Å². The average Bonchev–Trinajstić information content (AvgIpc) is 3.50. The number of nitriles is 1. The Morgan fingerprint density at radius 3 is 2.65 bits per heavy atom. The summed E-state index contributed by atoms with van der Waals surface area (Å²) in [5.41, 5.74) is 3.43. The zero-order valence-corrected chi connectivity index (χ0v) is 22.4. The fourth-order valence-electron chi connectivity index (χ4n) is 5.32. The summed E-state index contributed by atoms with van der Waals surface area (Å²) in [5, 5.41) is 15.1. The van der Waals surface area contributed by atoms with E-state index in [9.17, 15) is 14.9 Å². The van der Waals surface area contributed by atoms with Crippen molar-refractivity contribution in [2.75, 3.05) is 24.6 Å². The molecule has 188 valence electrons. The van der Waals surface area contributed by atoms with Gasteiger partial charge in [0, 0.05) is 45.4 Å². The van der Waals surface area contributed by atoms with E-state index >= 15 is 0 Å². The molecule has 0 unspecified atom stereocenters. The maximum atomic E-state index is 12.3. The van der Waals surface area contributed by atoms with Crippen molar-refractivity contribution in [2.45, 2.75) is 25.9 Å². The van der Waals surface area contributed by atoms with Crippen molar-refractivity contribution in [3.8, 4) is 17.2 Å². The number of imide groups is 1. The van der Waals surface area contributed by atoms with Crippen LogP contribution in [-0.4, -0.2) is 50.9 Å². The van der Waals surface area contributed by atoms with Crippen LogP contribution in [0.25, 0.3) is 32.2 Å². The van der Waals surface area contributed by atoms with Crippen LogP contribution in [0.2, 0.25) is 5.02 Å². The summed E-state index contributed by atoms with van der Waals surface area (Å²) in [6.45, 7) is 2.56. The number of thiophene rings is 1. The number of amides is 2. The number of pyridine rings is 1. The van der Waals surface area contributed by atoms with Crippen LogP contribution in [-0.2, 0) is 22.7 Å². The maximum Gasteiger partial charge on any atom is 0.239 e. The van der Waals surface area contributed by atoms with Gasteiger partial charge in [-0.05, 0) is 56.3 Å². The fourth-order valence-corrected chi connectivity index (χ4v) is 7.44. The van der Waals surface area contributed by atoms with Gasteiger partial charge in [-0.1, -0.05) is 11.6 Å². The van der Waals surface area contributed by atoms with Gasteiger partial charge in [0.05, 0.1) is 45.3 Å². The molecular formula is C27H24ClN5O2S2. The third kappa shape index (κ3) is 4.53. The van der Waals surface area contributed by atoms with Crippen LogP contribution in [0.4, 0.5) is 0 Å². The van der Waals surface area contributed by atoms with Crippen LogP contribution in [0.15, 0.2) is 42.7 Å². The summed E-state index contributed by atoms with van der Waals surface area (Å²) in [7, 11) is 0. The summed E-state index contributed by atoms with van der Waals surface area (Å²) in [4.78, 5) is 31.5. The predicted molar refractivity (Wildman–Crippen MR) is 149 cm³/mol. The number of carbonyl (C=O) groups excluding carboxylic acids is 2. The summed E-state index contributed by atoms with van der Waals surface area (Å²) in [5.74, 6) is 0.367. The van der Waals surface area contributed by atoms with E-state index in [1.165, 1.54) is 16.7 Å². The van der Waals surface area contributed by atoms with Crippen molar-refractivity contribution < 1.29 is 9.59 Å². The molecule has 0 saturated carbocycles. The highest BCUT2D eigenvalue weighted by Gasteiger charge is 2.33. The molecule has 7 nitrogen and oxygen atoms in total. The highest BCUT2D eigenvalue weighted by Crippen LogP contribution is 2.41.